The lowest BCUT2D eigenvalue weighted by Gasteiger charge is -2.33. The molecule has 10 heteroatoms. The Morgan fingerprint density at radius 1 is 1.05 bits per heavy atom. The molecule has 3 aliphatic rings. The number of aldehydes is 1. The highest BCUT2D eigenvalue weighted by Gasteiger charge is 2.50. The van der Waals surface area contributed by atoms with E-state index < -0.39 is 30.5 Å². The Morgan fingerprint density at radius 2 is 1.68 bits per heavy atom. The van der Waals surface area contributed by atoms with Crippen LogP contribution < -0.4 is 0 Å². The molecule has 0 radical (unpaired) electrons. The molecule has 1 unspecified atom stereocenters. The summed E-state index contributed by atoms with van der Waals surface area (Å²) in [5.74, 6) is 1.70. The fourth-order valence-corrected chi connectivity index (χ4v) is 4.77. The van der Waals surface area contributed by atoms with Crippen LogP contribution in [0, 0.1) is 11.8 Å². The lowest BCUT2D eigenvalue weighted by molar-refractivity contribution is -0.106. The van der Waals surface area contributed by atoms with Crippen molar-refractivity contribution in [3.63, 3.8) is 0 Å². The molecule has 3 aliphatic heterocycles. The number of likely N-dealkylation sites (N-methyl/N-ethyl adjacent to an activating group) is 1. The molecule has 0 bridgehead atoms. The van der Waals surface area contributed by atoms with Crippen molar-refractivity contribution in [2.24, 2.45) is 11.8 Å². The number of ether oxygens (including phenoxy) is 2. The molecule has 0 aliphatic carbocycles. The Bertz CT molecular complexity index is 853. The number of carbonyl (C=O) groups excluding carboxylic acids is 2. The van der Waals surface area contributed by atoms with E-state index in [1.54, 1.807) is 10.9 Å². The van der Waals surface area contributed by atoms with Crippen molar-refractivity contribution in [2.75, 3.05) is 39.8 Å². The van der Waals surface area contributed by atoms with Crippen LogP contribution >= 0.6 is 0 Å². The summed E-state index contributed by atoms with van der Waals surface area (Å²) in [7, 11) is 1.38. The number of amides is 1. The Kier molecular flexibility index (Phi) is 10.6. The summed E-state index contributed by atoms with van der Waals surface area (Å²) in [6, 6.07) is 0. The van der Waals surface area contributed by atoms with Crippen molar-refractivity contribution in [2.45, 2.75) is 90.3 Å². The van der Waals surface area contributed by atoms with Gasteiger partial charge in [-0.2, -0.15) is 0 Å². The lowest BCUT2D eigenvalue weighted by Crippen LogP contribution is -2.48. The molecular weight excluding hydrogens is 487 g/mol. The fourth-order valence-electron chi connectivity index (χ4n) is 4.77. The summed E-state index contributed by atoms with van der Waals surface area (Å²) in [6.45, 7) is 15.2. The van der Waals surface area contributed by atoms with E-state index in [-0.39, 0.29) is 30.5 Å². The number of aliphatic hydroxyl groups is 1. The van der Waals surface area contributed by atoms with Crippen molar-refractivity contribution >= 4 is 19.5 Å². The van der Waals surface area contributed by atoms with Crippen molar-refractivity contribution < 1.29 is 33.5 Å². The molecule has 214 valence electrons. The Labute approximate surface area is 228 Å². The van der Waals surface area contributed by atoms with Crippen LogP contribution in [0.3, 0.4) is 0 Å². The maximum atomic E-state index is 12.8. The maximum absolute atomic E-state index is 12.8. The number of rotatable bonds is 4. The Balaban J connectivity index is 1.69. The molecule has 2 saturated heterocycles. The highest BCUT2D eigenvalue weighted by molar-refractivity contribution is 6.52. The third-order valence-corrected chi connectivity index (χ3v) is 8.30. The molecule has 3 heterocycles. The molecule has 5 atom stereocenters. The van der Waals surface area contributed by atoms with Crippen LogP contribution in [0.15, 0.2) is 23.7 Å². The highest BCUT2D eigenvalue weighted by atomic mass is 16.7. The molecule has 3 rings (SSSR count). The molecule has 2 fully saturated rings. The van der Waals surface area contributed by atoms with Gasteiger partial charge >= 0.3 is 13.2 Å². The number of aliphatic hydroxyl groups excluding tert-OH is 1. The minimum absolute atomic E-state index is 0.0101. The predicted molar refractivity (Wildman–Crippen MR) is 147 cm³/mol. The molecule has 1 N–H and O–H groups in total. The van der Waals surface area contributed by atoms with E-state index in [1.165, 1.54) is 0 Å². The molecule has 0 aromatic heterocycles. The average Bonchev–Trinajstić information content (AvgIpc) is 3.06. The van der Waals surface area contributed by atoms with Gasteiger partial charge in [0.15, 0.2) is 0 Å². The van der Waals surface area contributed by atoms with E-state index in [0.29, 0.717) is 38.1 Å². The van der Waals surface area contributed by atoms with Crippen LogP contribution in [0.1, 0.15) is 60.8 Å². The average molecular weight is 535 g/mol. The molecule has 1 amide bonds. The van der Waals surface area contributed by atoms with Crippen molar-refractivity contribution in [1.29, 1.82) is 0 Å². The Hall–Kier alpha value is -1.72. The first-order valence-electron chi connectivity index (χ1n) is 14.0. The largest absolute Gasteiger partial charge is 0.487 e. The van der Waals surface area contributed by atoms with Gasteiger partial charge in [0, 0.05) is 38.2 Å². The van der Waals surface area contributed by atoms with E-state index in [9.17, 15) is 14.7 Å². The van der Waals surface area contributed by atoms with Gasteiger partial charge in [-0.25, -0.2) is 4.79 Å². The van der Waals surface area contributed by atoms with Crippen molar-refractivity contribution in [3.8, 4) is 0 Å². The first-order valence-corrected chi connectivity index (χ1v) is 14.0. The number of carbonyl (C=O) groups is 2. The number of hydrogen-bond acceptors (Lipinski definition) is 8. The topological polar surface area (TPSA) is 97.8 Å². The summed E-state index contributed by atoms with van der Waals surface area (Å²) >= 11 is 0. The monoisotopic (exact) mass is 534 g/mol. The second-order valence-electron chi connectivity index (χ2n) is 12.2. The van der Waals surface area contributed by atoms with Gasteiger partial charge in [-0.15, -0.1) is 0 Å². The fraction of sp³-hybridized carbons (Fsp3) is 0.786. The third-order valence-electron chi connectivity index (χ3n) is 8.30. The quantitative estimate of drug-likeness (QED) is 0.254. The van der Waals surface area contributed by atoms with Gasteiger partial charge in [0.05, 0.1) is 30.0 Å². The third kappa shape index (κ3) is 8.15. The molecule has 0 aromatic carbocycles. The van der Waals surface area contributed by atoms with Crippen LogP contribution in [-0.4, -0.2) is 104 Å². The molecular formula is C28H47BN2O7. The predicted octanol–water partition coefficient (Wildman–Crippen LogP) is 3.25. The zero-order chi connectivity index (χ0) is 28.1. The van der Waals surface area contributed by atoms with Crippen LogP contribution in [0.4, 0.5) is 4.79 Å². The first-order chi connectivity index (χ1) is 17.8. The van der Waals surface area contributed by atoms with Crippen LogP contribution in [-0.2, 0) is 23.6 Å². The second-order valence-corrected chi connectivity index (χ2v) is 12.2. The summed E-state index contributed by atoms with van der Waals surface area (Å²) in [4.78, 5) is 28.9. The van der Waals surface area contributed by atoms with Gasteiger partial charge in [-0.3, -0.25) is 4.79 Å². The zero-order valence-corrected chi connectivity index (χ0v) is 24.2. The van der Waals surface area contributed by atoms with Crippen molar-refractivity contribution in [3.05, 3.63) is 23.7 Å². The van der Waals surface area contributed by atoms with E-state index >= 15 is 0 Å². The zero-order valence-electron chi connectivity index (χ0n) is 24.2. The Morgan fingerprint density at radius 3 is 2.29 bits per heavy atom. The van der Waals surface area contributed by atoms with Gasteiger partial charge in [-0.1, -0.05) is 19.9 Å². The van der Waals surface area contributed by atoms with Crippen LogP contribution in [0.5, 0.6) is 0 Å². The van der Waals surface area contributed by atoms with Gasteiger partial charge in [0.2, 0.25) is 0 Å². The standard InChI is InChI=1S/C28H47BN2O7/c1-20-8-11-24(36-26(34)31-14-12-30(7)13-15-31)21(2)9-10-23(33)16-25(35-19-20)22(18-32)17-29-37-27(3,4)28(5,6)38-29/h8,11,17-18,20-21,23-25,33H,9-10,12-16,19H2,1-7H3/b11-8+,22-17-/t20-,21-,23+,24-,25?/m0/s1. The molecule has 0 spiro atoms. The van der Waals surface area contributed by atoms with E-state index in [1.807, 2.05) is 60.7 Å². The molecule has 38 heavy (non-hydrogen) atoms. The number of hydrogen-bond donors (Lipinski definition) is 1. The lowest BCUT2D eigenvalue weighted by atomic mass is 9.84. The smallest absolute Gasteiger partial charge is 0.442 e. The number of piperazine rings is 1. The number of nitrogens with zero attached hydrogens (tertiary/aromatic N) is 2. The van der Waals surface area contributed by atoms with Crippen LogP contribution in [0.2, 0.25) is 0 Å². The summed E-state index contributed by atoms with van der Waals surface area (Å²) < 4.78 is 24.2. The van der Waals surface area contributed by atoms with Gasteiger partial charge in [0.1, 0.15) is 12.4 Å². The van der Waals surface area contributed by atoms with E-state index in [0.717, 1.165) is 19.4 Å². The molecule has 0 aromatic rings. The minimum atomic E-state index is -0.684. The maximum Gasteiger partial charge on any atom is 0.487 e. The normalized spacial score (nSPS) is 34.2. The van der Waals surface area contributed by atoms with Crippen molar-refractivity contribution in [1.82, 2.24) is 9.80 Å². The van der Waals surface area contributed by atoms with Gasteiger partial charge < -0.3 is 33.7 Å². The van der Waals surface area contributed by atoms with Gasteiger partial charge in [0.25, 0.3) is 0 Å². The minimum Gasteiger partial charge on any atom is -0.442 e. The van der Waals surface area contributed by atoms with Crippen LogP contribution in [0.25, 0.3) is 0 Å². The molecule has 9 nitrogen and oxygen atoms in total. The molecule has 0 saturated carbocycles. The summed E-state index contributed by atoms with van der Waals surface area (Å²) in [5, 5.41) is 10.9. The first kappa shape index (κ1) is 30.8. The summed E-state index contributed by atoms with van der Waals surface area (Å²) in [6.07, 6.45) is 4.20. The van der Waals surface area contributed by atoms with E-state index in [2.05, 4.69) is 4.90 Å². The summed E-state index contributed by atoms with van der Waals surface area (Å²) in [5.41, 5.74) is -0.633. The SMILES string of the molecule is C[C@H]1/C=C/[C@H](OC(=O)N2CCN(C)CC2)[C@@H](C)CC[C@@H](O)CC(/C(C=O)=C\B2OC(C)(C)C(C)(C)O2)OC1. The highest BCUT2D eigenvalue weighted by Crippen LogP contribution is 2.37. The van der Waals surface area contributed by atoms with Gasteiger partial charge in [-0.05, 0) is 71.5 Å². The van der Waals surface area contributed by atoms with E-state index in [4.69, 9.17) is 18.8 Å². The second kappa shape index (κ2) is 13.1.